The predicted octanol–water partition coefficient (Wildman–Crippen LogP) is 16.8. The molecule has 0 aliphatic carbocycles. The quantitative estimate of drug-likeness (QED) is 0.159. The number of rotatable bonds is 7. The number of fused-ring (bicyclic) bond motifs is 9. The largest absolute Gasteiger partial charge is 0.456 e. The van der Waals surface area contributed by atoms with Crippen molar-refractivity contribution in [3.8, 4) is 73.2 Å². The molecule has 4 heterocycles. The van der Waals surface area contributed by atoms with Crippen LogP contribution in [-0.4, -0.2) is 19.5 Å². The Kier molecular flexibility index (Phi) is 8.79. The number of benzene rings is 10. The zero-order valence-electron chi connectivity index (χ0n) is 37.0. The first-order chi connectivity index (χ1) is 34.2. The molecule has 69 heavy (non-hydrogen) atoms. The van der Waals surface area contributed by atoms with Gasteiger partial charge in [-0.1, -0.05) is 176 Å². The number of para-hydroxylation sites is 3. The van der Waals surface area contributed by atoms with Crippen molar-refractivity contribution < 1.29 is 8.83 Å². The van der Waals surface area contributed by atoms with Crippen molar-refractivity contribution in [2.24, 2.45) is 0 Å². The molecule has 0 aliphatic rings. The van der Waals surface area contributed by atoms with Crippen LogP contribution in [0.2, 0.25) is 0 Å². The highest BCUT2D eigenvalue weighted by molar-refractivity contribution is 6.21. The second kappa shape index (κ2) is 15.6. The smallest absolute Gasteiger partial charge is 0.164 e. The van der Waals surface area contributed by atoms with E-state index in [4.69, 9.17) is 23.8 Å². The molecule has 0 saturated heterocycles. The van der Waals surface area contributed by atoms with Crippen LogP contribution in [0.1, 0.15) is 0 Å². The molecule has 0 fully saturated rings. The first-order valence-corrected chi connectivity index (χ1v) is 23.2. The molecule has 14 aromatic rings. The van der Waals surface area contributed by atoms with E-state index in [0.717, 1.165) is 99.5 Å². The Morgan fingerprint density at radius 1 is 0.275 bits per heavy atom. The van der Waals surface area contributed by atoms with Crippen molar-refractivity contribution in [2.45, 2.75) is 0 Å². The fourth-order valence-corrected chi connectivity index (χ4v) is 10.2. The maximum atomic E-state index is 6.85. The number of aromatic nitrogens is 4. The molecule has 0 saturated carbocycles. The summed E-state index contributed by atoms with van der Waals surface area (Å²) >= 11 is 0. The van der Waals surface area contributed by atoms with E-state index in [1.807, 2.05) is 60.7 Å². The average Bonchev–Trinajstić information content (AvgIpc) is 4.10. The van der Waals surface area contributed by atoms with Crippen LogP contribution in [0.25, 0.3) is 139 Å². The van der Waals surface area contributed by atoms with Crippen molar-refractivity contribution in [1.29, 1.82) is 0 Å². The number of hydrogen-bond donors (Lipinski definition) is 0. The third-order valence-electron chi connectivity index (χ3n) is 13.4. The highest BCUT2D eigenvalue weighted by atomic mass is 16.3. The summed E-state index contributed by atoms with van der Waals surface area (Å²) in [6, 6.07) is 80.4. The van der Waals surface area contributed by atoms with Gasteiger partial charge in [-0.15, -0.1) is 0 Å². The Balaban J connectivity index is 1.03. The minimum Gasteiger partial charge on any atom is -0.456 e. The molecule has 322 valence electrons. The Hall–Kier alpha value is -9.39. The summed E-state index contributed by atoms with van der Waals surface area (Å²) in [5.74, 6) is 1.70. The lowest BCUT2D eigenvalue weighted by Crippen LogP contribution is -2.00. The van der Waals surface area contributed by atoms with E-state index < -0.39 is 0 Å². The minimum atomic E-state index is 0.538. The summed E-state index contributed by atoms with van der Waals surface area (Å²) in [5, 5.41) is 6.43. The van der Waals surface area contributed by atoms with Crippen LogP contribution < -0.4 is 0 Å². The monoisotopic (exact) mass is 882 g/mol. The van der Waals surface area contributed by atoms with Crippen LogP contribution in [0.4, 0.5) is 0 Å². The third kappa shape index (κ3) is 6.45. The lowest BCUT2D eigenvalue weighted by atomic mass is 9.93. The van der Waals surface area contributed by atoms with Gasteiger partial charge in [0.25, 0.3) is 0 Å². The van der Waals surface area contributed by atoms with E-state index in [9.17, 15) is 0 Å². The molecule has 0 aliphatic heterocycles. The van der Waals surface area contributed by atoms with Crippen molar-refractivity contribution >= 4 is 65.7 Å². The molecule has 0 N–H and O–H groups in total. The van der Waals surface area contributed by atoms with E-state index in [1.54, 1.807) is 0 Å². The molecule has 0 unspecified atom stereocenters. The standard InChI is InChI=1S/C63H38N4O2/c1-4-16-39(17-5-1)41-28-30-43(31-29-41)62-64-61(42-20-8-3-9-21-42)65-63(66-62)45-35-51(59-48-23-11-14-26-55(48)68-57(59)36-45)52-37-46(38-58-60(52)49-24-12-15-27-56(49)69-58)67-53-25-13-10-22-47(53)50-34-44(32-33-54(50)67)40-18-6-2-7-19-40/h1-38H. The van der Waals surface area contributed by atoms with Gasteiger partial charge in [0.1, 0.15) is 22.3 Å². The van der Waals surface area contributed by atoms with Crippen LogP contribution in [0, 0.1) is 0 Å². The molecule has 6 nitrogen and oxygen atoms in total. The minimum absolute atomic E-state index is 0.538. The van der Waals surface area contributed by atoms with Gasteiger partial charge in [-0.25, -0.2) is 15.0 Å². The fourth-order valence-electron chi connectivity index (χ4n) is 10.2. The highest BCUT2D eigenvalue weighted by Gasteiger charge is 2.24. The van der Waals surface area contributed by atoms with E-state index >= 15 is 0 Å². The summed E-state index contributed by atoms with van der Waals surface area (Å²) in [4.78, 5) is 15.6. The van der Waals surface area contributed by atoms with Gasteiger partial charge in [0.2, 0.25) is 0 Å². The molecule has 6 heteroatoms. The number of furan rings is 2. The van der Waals surface area contributed by atoms with Crippen molar-refractivity contribution in [3.05, 3.63) is 231 Å². The molecule has 0 bridgehead atoms. The third-order valence-corrected chi connectivity index (χ3v) is 13.4. The molecule has 0 atom stereocenters. The van der Waals surface area contributed by atoms with Crippen LogP contribution in [-0.2, 0) is 0 Å². The van der Waals surface area contributed by atoms with Crippen molar-refractivity contribution in [3.63, 3.8) is 0 Å². The van der Waals surface area contributed by atoms with E-state index in [-0.39, 0.29) is 0 Å². The van der Waals surface area contributed by atoms with Gasteiger partial charge in [0, 0.05) is 55.1 Å². The van der Waals surface area contributed by atoms with Crippen LogP contribution >= 0.6 is 0 Å². The number of nitrogens with zero attached hydrogens (tertiary/aromatic N) is 4. The molecular formula is C63H38N4O2. The molecule has 0 radical (unpaired) electrons. The highest BCUT2D eigenvalue weighted by Crippen LogP contribution is 2.46. The van der Waals surface area contributed by atoms with Gasteiger partial charge >= 0.3 is 0 Å². The lowest BCUT2D eigenvalue weighted by Gasteiger charge is -2.14. The second-order valence-electron chi connectivity index (χ2n) is 17.5. The maximum absolute atomic E-state index is 6.85. The first-order valence-electron chi connectivity index (χ1n) is 23.2. The predicted molar refractivity (Wildman–Crippen MR) is 281 cm³/mol. The maximum Gasteiger partial charge on any atom is 0.164 e. The van der Waals surface area contributed by atoms with E-state index in [0.29, 0.717) is 17.5 Å². The average molecular weight is 883 g/mol. The summed E-state index contributed by atoms with van der Waals surface area (Å²) in [6.07, 6.45) is 0. The van der Waals surface area contributed by atoms with Gasteiger partial charge in [-0.05, 0) is 81.9 Å². The van der Waals surface area contributed by atoms with Crippen LogP contribution in [0.5, 0.6) is 0 Å². The Labute approximate surface area is 396 Å². The number of hydrogen-bond acceptors (Lipinski definition) is 5. The van der Waals surface area contributed by atoms with Gasteiger partial charge in [0.05, 0.1) is 16.7 Å². The molecule has 10 aromatic carbocycles. The molecule has 14 rings (SSSR count). The topological polar surface area (TPSA) is 69.9 Å². The summed E-state index contributed by atoms with van der Waals surface area (Å²) in [5.41, 5.74) is 15.5. The fraction of sp³-hybridized carbons (Fsp3) is 0. The zero-order chi connectivity index (χ0) is 45.4. The van der Waals surface area contributed by atoms with Crippen LogP contribution in [0.3, 0.4) is 0 Å². The molecule has 0 amide bonds. The van der Waals surface area contributed by atoms with E-state index in [1.165, 1.54) is 21.9 Å². The van der Waals surface area contributed by atoms with Crippen molar-refractivity contribution in [1.82, 2.24) is 19.5 Å². The lowest BCUT2D eigenvalue weighted by molar-refractivity contribution is 0.668. The van der Waals surface area contributed by atoms with Gasteiger partial charge in [-0.3, -0.25) is 0 Å². The Morgan fingerprint density at radius 3 is 1.35 bits per heavy atom. The van der Waals surface area contributed by atoms with Gasteiger partial charge in [-0.2, -0.15) is 0 Å². The first kappa shape index (κ1) is 38.8. The summed E-state index contributed by atoms with van der Waals surface area (Å²) in [6.45, 7) is 0. The zero-order valence-corrected chi connectivity index (χ0v) is 37.0. The SMILES string of the molecule is c1ccc(-c2ccc(-c3nc(-c4ccccc4)nc(-c4cc(-c5cc(-n6c7ccccc7c7cc(-c8ccccc8)ccc76)cc6oc7ccccc7c56)c5c(c4)oc4ccccc45)n3)cc2)cc1. The van der Waals surface area contributed by atoms with Crippen LogP contribution in [0.15, 0.2) is 239 Å². The van der Waals surface area contributed by atoms with Gasteiger partial charge < -0.3 is 13.4 Å². The van der Waals surface area contributed by atoms with Crippen molar-refractivity contribution in [2.75, 3.05) is 0 Å². The second-order valence-corrected chi connectivity index (χ2v) is 17.5. The summed E-state index contributed by atoms with van der Waals surface area (Å²) < 4.78 is 16.0. The molecular weight excluding hydrogens is 845 g/mol. The Morgan fingerprint density at radius 2 is 0.710 bits per heavy atom. The molecule has 0 spiro atoms. The van der Waals surface area contributed by atoms with Gasteiger partial charge in [0.15, 0.2) is 17.5 Å². The van der Waals surface area contributed by atoms with E-state index in [2.05, 4.69) is 174 Å². The molecule has 4 aromatic heterocycles. The normalized spacial score (nSPS) is 11.8. The summed E-state index contributed by atoms with van der Waals surface area (Å²) in [7, 11) is 0. The Bertz CT molecular complexity index is 4290.